The van der Waals surface area contributed by atoms with Crippen LogP contribution in [-0.4, -0.2) is 19.0 Å². The Labute approximate surface area is 152 Å². The van der Waals surface area contributed by atoms with Crippen molar-refractivity contribution < 1.29 is 14.3 Å². The highest BCUT2D eigenvalue weighted by Crippen LogP contribution is 2.28. The van der Waals surface area contributed by atoms with Gasteiger partial charge in [-0.1, -0.05) is 29.8 Å². The molecule has 0 unspecified atom stereocenters. The van der Waals surface area contributed by atoms with E-state index in [1.54, 1.807) is 38.3 Å². The van der Waals surface area contributed by atoms with Gasteiger partial charge in [-0.25, -0.2) is 4.79 Å². The first kappa shape index (κ1) is 17.5. The quantitative estimate of drug-likeness (QED) is 0.791. The van der Waals surface area contributed by atoms with Gasteiger partial charge < -0.3 is 20.7 Å². The van der Waals surface area contributed by atoms with Crippen LogP contribution in [0.4, 0.5) is 10.5 Å². The van der Waals surface area contributed by atoms with Gasteiger partial charge in [-0.15, -0.1) is 0 Å². The van der Waals surface area contributed by atoms with Crippen LogP contribution in [0.2, 0.25) is 0 Å². The molecule has 6 nitrogen and oxygen atoms in total. The van der Waals surface area contributed by atoms with Crippen molar-refractivity contribution in [1.82, 2.24) is 10.6 Å². The molecule has 3 rings (SSSR count). The normalized spacial score (nSPS) is 16.6. The van der Waals surface area contributed by atoms with Gasteiger partial charge in [0, 0.05) is 11.4 Å². The summed E-state index contributed by atoms with van der Waals surface area (Å²) in [6.45, 7) is 3.70. The molecular weight excluding hydrogens is 330 g/mol. The van der Waals surface area contributed by atoms with Gasteiger partial charge in [0.1, 0.15) is 5.75 Å². The number of carbonyl (C=O) groups excluding carboxylic acids is 2. The lowest BCUT2D eigenvalue weighted by Gasteiger charge is -2.29. The van der Waals surface area contributed by atoms with Crippen molar-refractivity contribution in [2.24, 2.45) is 0 Å². The lowest BCUT2D eigenvalue weighted by Crippen LogP contribution is -2.46. The maximum atomic E-state index is 12.9. The van der Waals surface area contributed by atoms with Gasteiger partial charge in [0.05, 0.1) is 18.7 Å². The fraction of sp³-hybridized carbons (Fsp3) is 0.200. The maximum absolute atomic E-state index is 12.9. The molecule has 1 aliphatic rings. The average molecular weight is 351 g/mol. The van der Waals surface area contributed by atoms with Gasteiger partial charge in [0.25, 0.3) is 5.91 Å². The number of nitrogens with one attached hydrogen (secondary N) is 3. The Morgan fingerprint density at radius 3 is 2.50 bits per heavy atom. The van der Waals surface area contributed by atoms with Crippen LogP contribution < -0.4 is 20.7 Å². The number of urea groups is 1. The maximum Gasteiger partial charge on any atom is 0.319 e. The Morgan fingerprint density at radius 1 is 1.12 bits per heavy atom. The minimum absolute atomic E-state index is 0.272. The number of carbonyl (C=O) groups is 2. The van der Waals surface area contributed by atoms with Gasteiger partial charge in [-0.3, -0.25) is 4.79 Å². The third-order valence-corrected chi connectivity index (χ3v) is 4.24. The second-order valence-electron chi connectivity index (χ2n) is 6.17. The minimum atomic E-state index is -0.512. The van der Waals surface area contributed by atoms with Crippen molar-refractivity contribution in [3.05, 3.63) is 70.9 Å². The molecule has 0 radical (unpaired) electrons. The number of aryl methyl sites for hydroxylation is 1. The second kappa shape index (κ2) is 7.31. The molecule has 2 aromatic rings. The molecule has 0 fully saturated rings. The van der Waals surface area contributed by atoms with E-state index in [1.165, 1.54) is 0 Å². The summed E-state index contributed by atoms with van der Waals surface area (Å²) in [6, 6.07) is 14.0. The molecule has 26 heavy (non-hydrogen) atoms. The van der Waals surface area contributed by atoms with Crippen LogP contribution in [0.3, 0.4) is 0 Å². The molecule has 3 N–H and O–H groups in total. The molecule has 0 saturated carbocycles. The fourth-order valence-corrected chi connectivity index (χ4v) is 2.97. The number of rotatable bonds is 4. The Bertz CT molecular complexity index is 872. The van der Waals surface area contributed by atoms with Gasteiger partial charge in [0.15, 0.2) is 0 Å². The van der Waals surface area contributed by atoms with Gasteiger partial charge >= 0.3 is 6.03 Å². The molecular formula is C20H21N3O3. The molecule has 1 aliphatic heterocycles. The van der Waals surface area contributed by atoms with Crippen LogP contribution in [-0.2, 0) is 4.79 Å². The number of hydrogen-bond donors (Lipinski definition) is 3. The van der Waals surface area contributed by atoms with E-state index >= 15 is 0 Å². The van der Waals surface area contributed by atoms with Crippen molar-refractivity contribution in [3.63, 3.8) is 0 Å². The van der Waals surface area contributed by atoms with Crippen LogP contribution in [0.25, 0.3) is 0 Å². The molecule has 1 atom stereocenters. The number of allylic oxidation sites excluding steroid dienone is 1. The molecule has 134 valence electrons. The van der Waals surface area contributed by atoms with E-state index in [4.69, 9.17) is 4.74 Å². The number of anilines is 1. The summed E-state index contributed by atoms with van der Waals surface area (Å²) >= 11 is 0. The molecule has 0 spiro atoms. The Hall–Kier alpha value is -3.28. The van der Waals surface area contributed by atoms with Crippen molar-refractivity contribution in [1.29, 1.82) is 0 Å². The summed E-state index contributed by atoms with van der Waals surface area (Å²) in [4.78, 5) is 24.9. The van der Waals surface area contributed by atoms with Crippen molar-refractivity contribution >= 4 is 17.6 Å². The summed E-state index contributed by atoms with van der Waals surface area (Å²) < 4.78 is 5.13. The third kappa shape index (κ3) is 3.69. The van der Waals surface area contributed by atoms with E-state index < -0.39 is 6.04 Å². The summed E-state index contributed by atoms with van der Waals surface area (Å²) in [5.41, 5.74) is 3.58. The van der Waals surface area contributed by atoms with Crippen LogP contribution in [0.5, 0.6) is 5.75 Å². The van der Waals surface area contributed by atoms with E-state index in [0.29, 0.717) is 22.7 Å². The van der Waals surface area contributed by atoms with Crippen molar-refractivity contribution in [2.75, 3.05) is 12.4 Å². The standard InChI is InChI=1S/C20H21N3O3/c1-12-5-4-6-14(11-12)18-17(13(2)21-20(25)23-18)19(24)22-15-7-9-16(26-3)10-8-15/h4-11,18H,1-3H3,(H,22,24)(H2,21,23,25)/t18-/m0/s1. The van der Waals surface area contributed by atoms with Crippen LogP contribution in [0, 0.1) is 6.92 Å². The van der Waals surface area contributed by atoms with Crippen LogP contribution in [0.15, 0.2) is 59.8 Å². The zero-order chi connectivity index (χ0) is 18.7. The molecule has 1 heterocycles. The van der Waals surface area contributed by atoms with E-state index in [0.717, 1.165) is 11.1 Å². The van der Waals surface area contributed by atoms with E-state index in [9.17, 15) is 9.59 Å². The predicted octanol–water partition coefficient (Wildman–Crippen LogP) is 3.27. The highest BCUT2D eigenvalue weighted by atomic mass is 16.5. The molecule has 6 heteroatoms. The largest absolute Gasteiger partial charge is 0.497 e. The lowest BCUT2D eigenvalue weighted by atomic mass is 9.94. The Morgan fingerprint density at radius 2 is 1.85 bits per heavy atom. The summed E-state index contributed by atoms with van der Waals surface area (Å²) in [7, 11) is 1.59. The lowest BCUT2D eigenvalue weighted by molar-refractivity contribution is -0.113. The second-order valence-corrected chi connectivity index (χ2v) is 6.17. The first-order valence-electron chi connectivity index (χ1n) is 8.28. The van der Waals surface area contributed by atoms with Gasteiger partial charge in [0.2, 0.25) is 0 Å². The number of benzene rings is 2. The van der Waals surface area contributed by atoms with E-state index in [-0.39, 0.29) is 11.9 Å². The van der Waals surface area contributed by atoms with Gasteiger partial charge in [-0.2, -0.15) is 0 Å². The molecule has 0 bridgehead atoms. The van der Waals surface area contributed by atoms with Crippen molar-refractivity contribution in [3.8, 4) is 5.75 Å². The first-order valence-corrected chi connectivity index (χ1v) is 8.28. The van der Waals surface area contributed by atoms with Crippen LogP contribution >= 0.6 is 0 Å². The summed E-state index contributed by atoms with van der Waals surface area (Å²) in [5.74, 6) is 0.439. The Balaban J connectivity index is 1.91. The SMILES string of the molecule is COc1ccc(NC(=O)C2=C(C)NC(=O)N[C@H]2c2cccc(C)c2)cc1. The summed E-state index contributed by atoms with van der Waals surface area (Å²) in [6.07, 6.45) is 0. The summed E-state index contributed by atoms with van der Waals surface area (Å²) in [5, 5.41) is 8.39. The van der Waals surface area contributed by atoms with Gasteiger partial charge in [-0.05, 0) is 43.7 Å². The molecule has 3 amide bonds. The third-order valence-electron chi connectivity index (χ3n) is 4.24. The number of amides is 3. The molecule has 0 aliphatic carbocycles. The van der Waals surface area contributed by atoms with Crippen molar-refractivity contribution in [2.45, 2.75) is 19.9 Å². The fourth-order valence-electron chi connectivity index (χ4n) is 2.97. The zero-order valence-corrected chi connectivity index (χ0v) is 14.9. The molecule has 0 aromatic heterocycles. The number of methoxy groups -OCH3 is 1. The van der Waals surface area contributed by atoms with E-state index in [2.05, 4.69) is 16.0 Å². The molecule has 0 saturated heterocycles. The highest BCUT2D eigenvalue weighted by Gasteiger charge is 2.31. The first-order chi connectivity index (χ1) is 12.5. The molecule has 2 aromatic carbocycles. The Kier molecular flexibility index (Phi) is 4.93. The van der Waals surface area contributed by atoms with Crippen LogP contribution in [0.1, 0.15) is 24.1 Å². The monoisotopic (exact) mass is 351 g/mol. The number of ether oxygens (including phenoxy) is 1. The minimum Gasteiger partial charge on any atom is -0.497 e. The highest BCUT2D eigenvalue weighted by molar-refractivity contribution is 6.06. The zero-order valence-electron chi connectivity index (χ0n) is 14.9. The smallest absolute Gasteiger partial charge is 0.319 e. The topological polar surface area (TPSA) is 79.5 Å². The number of hydrogen-bond acceptors (Lipinski definition) is 3. The average Bonchev–Trinajstić information content (AvgIpc) is 2.61. The van der Waals surface area contributed by atoms with E-state index in [1.807, 2.05) is 31.2 Å². The predicted molar refractivity (Wildman–Crippen MR) is 99.9 cm³/mol.